The second-order valence-corrected chi connectivity index (χ2v) is 6.36. The van der Waals surface area contributed by atoms with E-state index >= 15 is 0 Å². The van der Waals surface area contributed by atoms with Crippen LogP contribution in [0.25, 0.3) is 5.57 Å². The van der Waals surface area contributed by atoms with Crippen molar-refractivity contribution >= 4 is 17.4 Å². The molecule has 1 aromatic heterocycles. The Balaban J connectivity index is 2.05. The molecular formula is C16H21N3O3. The topological polar surface area (TPSA) is 64.4 Å². The highest BCUT2D eigenvalue weighted by Gasteiger charge is 2.56. The number of carbonyl (C=O) groups is 2. The first-order chi connectivity index (χ1) is 10.4. The summed E-state index contributed by atoms with van der Waals surface area (Å²) < 4.78 is 6.67. The number of amides is 1. The molecule has 0 spiro atoms. The number of carbonyl (C=O) groups excluding carboxylic acids is 2. The number of hydrogen-bond acceptors (Lipinski definition) is 4. The van der Waals surface area contributed by atoms with Crippen molar-refractivity contribution in [3.63, 3.8) is 0 Å². The van der Waals surface area contributed by atoms with Crippen molar-refractivity contribution < 1.29 is 14.3 Å². The molecule has 2 atom stereocenters. The average Bonchev–Trinajstić information content (AvgIpc) is 2.96. The SMILES string of the molecule is COC(=O)C1=C(c2cc(C)n(C)n2)CC2C(C(C)C)C(=O)N12. The van der Waals surface area contributed by atoms with Crippen LogP contribution >= 0.6 is 0 Å². The zero-order valence-electron chi connectivity index (χ0n) is 13.6. The summed E-state index contributed by atoms with van der Waals surface area (Å²) in [5.41, 5.74) is 2.95. The second kappa shape index (κ2) is 4.97. The quantitative estimate of drug-likeness (QED) is 0.627. The number of aryl methyl sites for hydroxylation is 2. The molecule has 0 aromatic carbocycles. The van der Waals surface area contributed by atoms with Crippen molar-refractivity contribution in [3.8, 4) is 0 Å². The molecule has 22 heavy (non-hydrogen) atoms. The minimum atomic E-state index is -0.462. The Hall–Kier alpha value is -2.11. The minimum absolute atomic E-state index is 0.0167. The lowest BCUT2D eigenvalue weighted by atomic mass is 9.78. The van der Waals surface area contributed by atoms with Crippen LogP contribution in [0, 0.1) is 18.8 Å². The molecule has 0 saturated carbocycles. The zero-order valence-corrected chi connectivity index (χ0v) is 13.6. The third-order valence-corrected chi connectivity index (χ3v) is 4.73. The van der Waals surface area contributed by atoms with Crippen LogP contribution in [0.3, 0.4) is 0 Å². The molecule has 6 heteroatoms. The smallest absolute Gasteiger partial charge is 0.355 e. The fraction of sp³-hybridized carbons (Fsp3) is 0.562. The molecular weight excluding hydrogens is 282 g/mol. The zero-order chi connectivity index (χ0) is 16.2. The maximum Gasteiger partial charge on any atom is 0.355 e. The van der Waals surface area contributed by atoms with Crippen LogP contribution in [0.1, 0.15) is 31.7 Å². The molecule has 1 amide bonds. The van der Waals surface area contributed by atoms with Crippen LogP contribution in [0.15, 0.2) is 11.8 Å². The summed E-state index contributed by atoms with van der Waals surface area (Å²) >= 11 is 0. The number of fused-ring (bicyclic) bond motifs is 1. The molecule has 1 aromatic rings. The standard InChI is InChI=1S/C16H21N3O3/c1-8(2)13-12-7-10(11-6-9(3)18(4)17-11)14(16(21)22-5)19(12)15(13)20/h6,8,12-13H,7H2,1-5H3. The Kier molecular flexibility index (Phi) is 3.34. The van der Waals surface area contributed by atoms with E-state index in [1.165, 1.54) is 7.11 Å². The Morgan fingerprint density at radius 1 is 1.45 bits per heavy atom. The number of nitrogens with zero attached hydrogens (tertiary/aromatic N) is 3. The summed E-state index contributed by atoms with van der Waals surface area (Å²) in [6, 6.07) is 2.00. The lowest BCUT2D eigenvalue weighted by molar-refractivity contribution is -0.158. The highest BCUT2D eigenvalue weighted by Crippen LogP contribution is 2.48. The van der Waals surface area contributed by atoms with Gasteiger partial charge in [-0.25, -0.2) is 4.79 Å². The first-order valence-electron chi connectivity index (χ1n) is 7.52. The normalized spacial score (nSPS) is 23.9. The van der Waals surface area contributed by atoms with Gasteiger partial charge in [0.1, 0.15) is 5.70 Å². The average molecular weight is 303 g/mol. The summed E-state index contributed by atoms with van der Waals surface area (Å²) in [6.07, 6.45) is 0.662. The van der Waals surface area contributed by atoms with Gasteiger partial charge >= 0.3 is 5.97 Å². The first kappa shape index (κ1) is 14.8. The Bertz CT molecular complexity index is 667. The lowest BCUT2D eigenvalue weighted by Crippen LogP contribution is -2.60. The van der Waals surface area contributed by atoms with E-state index in [2.05, 4.69) is 5.10 Å². The fourth-order valence-electron chi connectivity index (χ4n) is 3.49. The maximum absolute atomic E-state index is 12.4. The van der Waals surface area contributed by atoms with Gasteiger partial charge in [-0.15, -0.1) is 0 Å². The molecule has 0 bridgehead atoms. The van der Waals surface area contributed by atoms with Gasteiger partial charge in [0.25, 0.3) is 0 Å². The van der Waals surface area contributed by atoms with E-state index in [0.29, 0.717) is 12.1 Å². The molecule has 0 aliphatic carbocycles. The van der Waals surface area contributed by atoms with E-state index in [4.69, 9.17) is 4.74 Å². The number of rotatable bonds is 3. The molecule has 3 heterocycles. The van der Waals surface area contributed by atoms with Crippen molar-refractivity contribution in [2.75, 3.05) is 7.11 Å². The maximum atomic E-state index is 12.4. The summed E-state index contributed by atoms with van der Waals surface area (Å²) in [5, 5.41) is 4.46. The van der Waals surface area contributed by atoms with Crippen molar-refractivity contribution in [1.29, 1.82) is 0 Å². The molecule has 2 unspecified atom stereocenters. The number of aromatic nitrogens is 2. The number of β-lactam (4-membered cyclic amide) rings is 1. The molecule has 1 saturated heterocycles. The minimum Gasteiger partial charge on any atom is -0.464 e. The van der Waals surface area contributed by atoms with Gasteiger partial charge in [-0.3, -0.25) is 9.48 Å². The Morgan fingerprint density at radius 3 is 2.64 bits per heavy atom. The van der Waals surface area contributed by atoms with E-state index in [9.17, 15) is 9.59 Å². The van der Waals surface area contributed by atoms with Gasteiger partial charge in [-0.05, 0) is 25.3 Å². The number of ether oxygens (including phenoxy) is 1. The van der Waals surface area contributed by atoms with E-state index in [1.54, 1.807) is 9.58 Å². The molecule has 2 aliphatic rings. The van der Waals surface area contributed by atoms with Crippen LogP contribution in [0.4, 0.5) is 0 Å². The van der Waals surface area contributed by atoms with E-state index < -0.39 is 5.97 Å². The molecule has 2 aliphatic heterocycles. The highest BCUT2D eigenvalue weighted by atomic mass is 16.5. The van der Waals surface area contributed by atoms with Crippen LogP contribution in [0.5, 0.6) is 0 Å². The van der Waals surface area contributed by atoms with E-state index in [-0.39, 0.29) is 23.8 Å². The van der Waals surface area contributed by atoms with Gasteiger partial charge in [-0.2, -0.15) is 5.10 Å². The third kappa shape index (κ3) is 1.90. The van der Waals surface area contributed by atoms with Crippen molar-refractivity contribution in [2.45, 2.75) is 33.2 Å². The number of methoxy groups -OCH3 is 1. The summed E-state index contributed by atoms with van der Waals surface area (Å²) in [7, 11) is 3.21. The van der Waals surface area contributed by atoms with E-state index in [1.807, 2.05) is 33.9 Å². The molecule has 6 nitrogen and oxygen atoms in total. The number of hydrogen-bond donors (Lipinski definition) is 0. The van der Waals surface area contributed by atoms with Crippen molar-refractivity contribution in [3.05, 3.63) is 23.2 Å². The summed E-state index contributed by atoms with van der Waals surface area (Å²) in [4.78, 5) is 26.2. The Morgan fingerprint density at radius 2 is 2.14 bits per heavy atom. The van der Waals surface area contributed by atoms with Gasteiger partial charge in [0.2, 0.25) is 5.91 Å². The van der Waals surface area contributed by atoms with Crippen LogP contribution in [-0.2, 0) is 21.4 Å². The van der Waals surface area contributed by atoms with Crippen LogP contribution in [-0.4, -0.2) is 39.7 Å². The monoisotopic (exact) mass is 303 g/mol. The fourth-order valence-corrected chi connectivity index (χ4v) is 3.49. The van der Waals surface area contributed by atoms with Crippen LogP contribution < -0.4 is 0 Å². The predicted octanol–water partition coefficient (Wildman–Crippen LogP) is 1.50. The molecule has 3 rings (SSSR count). The third-order valence-electron chi connectivity index (χ3n) is 4.73. The van der Waals surface area contributed by atoms with Gasteiger partial charge < -0.3 is 9.64 Å². The Labute approximate surface area is 129 Å². The van der Waals surface area contributed by atoms with Crippen molar-refractivity contribution in [2.24, 2.45) is 18.9 Å². The summed E-state index contributed by atoms with van der Waals surface area (Å²) in [6.45, 7) is 6.04. The van der Waals surface area contributed by atoms with Crippen LogP contribution in [0.2, 0.25) is 0 Å². The largest absolute Gasteiger partial charge is 0.464 e. The molecule has 1 fully saturated rings. The molecule has 0 N–H and O–H groups in total. The summed E-state index contributed by atoms with van der Waals surface area (Å²) in [5.74, 6) is -0.209. The van der Waals surface area contributed by atoms with Gasteiger partial charge in [0.15, 0.2) is 0 Å². The molecule has 118 valence electrons. The number of esters is 1. The predicted molar refractivity (Wildman–Crippen MR) is 80.5 cm³/mol. The first-order valence-corrected chi connectivity index (χ1v) is 7.52. The van der Waals surface area contributed by atoms with Gasteiger partial charge in [-0.1, -0.05) is 13.8 Å². The van der Waals surface area contributed by atoms with Crippen molar-refractivity contribution in [1.82, 2.24) is 14.7 Å². The molecule has 0 radical (unpaired) electrons. The van der Waals surface area contributed by atoms with Gasteiger partial charge in [0.05, 0.1) is 24.8 Å². The second-order valence-electron chi connectivity index (χ2n) is 6.36. The lowest BCUT2D eigenvalue weighted by Gasteiger charge is -2.45. The van der Waals surface area contributed by atoms with Gasteiger partial charge in [0, 0.05) is 18.3 Å². The highest BCUT2D eigenvalue weighted by molar-refractivity contribution is 6.06. The van der Waals surface area contributed by atoms with E-state index in [0.717, 1.165) is 17.0 Å².